The number of carbonyl (C=O) groups is 1. The molecule has 0 spiro atoms. The van der Waals surface area contributed by atoms with Crippen LogP contribution in [0.5, 0.6) is 0 Å². The van der Waals surface area contributed by atoms with E-state index in [0.717, 1.165) is 76.5 Å². The van der Waals surface area contributed by atoms with Crippen LogP contribution in [0.15, 0.2) is 60.7 Å². The second-order valence-electron chi connectivity index (χ2n) is 8.59. The van der Waals surface area contributed by atoms with Crippen LogP contribution in [0, 0.1) is 6.92 Å². The van der Waals surface area contributed by atoms with Gasteiger partial charge in [-0.3, -0.25) is 14.6 Å². The van der Waals surface area contributed by atoms with Gasteiger partial charge in [-0.25, -0.2) is 4.98 Å². The maximum Gasteiger partial charge on any atom is 0.233 e. The summed E-state index contributed by atoms with van der Waals surface area (Å²) in [5.41, 5.74) is 3.20. The van der Waals surface area contributed by atoms with E-state index in [-0.39, 0.29) is 5.91 Å². The van der Waals surface area contributed by atoms with Crippen LogP contribution >= 0.6 is 11.3 Å². The lowest BCUT2D eigenvalue weighted by Gasteiger charge is -2.27. The number of nitrogens with zero attached hydrogens (tertiary/aromatic N) is 3. The van der Waals surface area contributed by atoms with E-state index in [2.05, 4.69) is 54.3 Å². The Balaban J connectivity index is 1.40. The van der Waals surface area contributed by atoms with Gasteiger partial charge in [-0.15, -0.1) is 0 Å². The maximum atomic E-state index is 13.7. The topological polar surface area (TPSA) is 45.7 Å². The fourth-order valence-electron chi connectivity index (χ4n) is 4.50. The smallest absolute Gasteiger partial charge is 0.233 e. The third-order valence-electron chi connectivity index (χ3n) is 6.32. The predicted molar refractivity (Wildman–Crippen MR) is 136 cm³/mol. The van der Waals surface area contributed by atoms with E-state index in [4.69, 9.17) is 9.72 Å². The first-order valence-electron chi connectivity index (χ1n) is 11.6. The van der Waals surface area contributed by atoms with Crippen LogP contribution in [-0.4, -0.2) is 55.2 Å². The fourth-order valence-corrected chi connectivity index (χ4v) is 5.59. The van der Waals surface area contributed by atoms with Crippen LogP contribution in [0.1, 0.15) is 17.5 Å². The summed E-state index contributed by atoms with van der Waals surface area (Å²) in [4.78, 5) is 22.9. The maximum absolute atomic E-state index is 13.7. The molecule has 0 bridgehead atoms. The van der Waals surface area contributed by atoms with E-state index in [9.17, 15) is 4.79 Å². The van der Waals surface area contributed by atoms with E-state index >= 15 is 0 Å². The van der Waals surface area contributed by atoms with E-state index in [1.807, 2.05) is 23.1 Å². The predicted octanol–water partition coefficient (Wildman–Crippen LogP) is 5.06. The molecule has 0 unspecified atom stereocenters. The zero-order chi connectivity index (χ0) is 22.6. The van der Waals surface area contributed by atoms with Gasteiger partial charge in [-0.2, -0.15) is 0 Å². The first kappa shape index (κ1) is 22.0. The molecule has 1 aliphatic rings. The summed E-state index contributed by atoms with van der Waals surface area (Å²) in [5.74, 6) is 0.102. The van der Waals surface area contributed by atoms with Crippen LogP contribution in [0.2, 0.25) is 0 Å². The number of aromatic nitrogens is 1. The van der Waals surface area contributed by atoms with Gasteiger partial charge >= 0.3 is 0 Å². The molecule has 4 aromatic rings. The van der Waals surface area contributed by atoms with Crippen molar-refractivity contribution >= 4 is 43.4 Å². The van der Waals surface area contributed by atoms with Gasteiger partial charge in [0.2, 0.25) is 5.91 Å². The molecule has 3 aromatic carbocycles. The second kappa shape index (κ2) is 10.00. The van der Waals surface area contributed by atoms with E-state index in [1.165, 1.54) is 0 Å². The number of anilines is 1. The zero-order valence-corrected chi connectivity index (χ0v) is 19.8. The Hall–Kier alpha value is -2.80. The van der Waals surface area contributed by atoms with Crippen molar-refractivity contribution < 1.29 is 9.53 Å². The summed E-state index contributed by atoms with van der Waals surface area (Å²) in [6, 6.07) is 20.7. The van der Waals surface area contributed by atoms with Gasteiger partial charge in [0, 0.05) is 26.2 Å². The van der Waals surface area contributed by atoms with Crippen molar-refractivity contribution in [1.29, 1.82) is 0 Å². The first-order chi connectivity index (χ1) is 16.2. The molecule has 33 heavy (non-hydrogen) atoms. The number of fused-ring (bicyclic) bond motifs is 2. The second-order valence-corrected chi connectivity index (χ2v) is 9.60. The SMILES string of the molecule is Cc1cccc2sc(N(CCCN3CCOCC3)C(=O)Cc3cccc4ccccc34)nc12. The van der Waals surface area contributed by atoms with Crippen molar-refractivity contribution in [2.75, 3.05) is 44.3 Å². The van der Waals surface area contributed by atoms with Crippen molar-refractivity contribution in [1.82, 2.24) is 9.88 Å². The normalized spacial score (nSPS) is 14.7. The van der Waals surface area contributed by atoms with Gasteiger partial charge in [0.15, 0.2) is 5.13 Å². The van der Waals surface area contributed by atoms with Gasteiger partial charge < -0.3 is 4.74 Å². The number of rotatable bonds is 7. The third-order valence-corrected chi connectivity index (χ3v) is 7.37. The van der Waals surface area contributed by atoms with Crippen molar-refractivity contribution in [2.45, 2.75) is 19.8 Å². The molecule has 2 heterocycles. The molecule has 1 saturated heterocycles. The molecular formula is C27H29N3O2S. The number of thiazole rings is 1. The van der Waals surface area contributed by atoms with Crippen LogP contribution < -0.4 is 4.90 Å². The average molecular weight is 460 g/mol. The van der Waals surface area contributed by atoms with E-state index in [0.29, 0.717) is 13.0 Å². The van der Waals surface area contributed by atoms with Gasteiger partial charge in [0.25, 0.3) is 0 Å². The highest BCUT2D eigenvalue weighted by molar-refractivity contribution is 7.22. The van der Waals surface area contributed by atoms with E-state index < -0.39 is 0 Å². The monoisotopic (exact) mass is 459 g/mol. The summed E-state index contributed by atoms with van der Waals surface area (Å²) in [5, 5.41) is 3.10. The number of benzene rings is 3. The lowest BCUT2D eigenvalue weighted by atomic mass is 10.0. The highest BCUT2D eigenvalue weighted by Gasteiger charge is 2.22. The summed E-state index contributed by atoms with van der Waals surface area (Å²) in [6.45, 7) is 7.22. The number of amides is 1. The Morgan fingerprint density at radius 2 is 1.85 bits per heavy atom. The number of para-hydroxylation sites is 1. The number of hydrogen-bond acceptors (Lipinski definition) is 5. The molecule has 0 radical (unpaired) electrons. The lowest BCUT2D eigenvalue weighted by molar-refractivity contribution is -0.118. The third kappa shape index (κ3) is 4.93. The standard InChI is InChI=1S/C27H29N3O2S/c1-20-7-4-12-24-26(20)28-27(33-24)30(14-6-13-29-15-17-32-18-16-29)25(31)19-22-10-5-9-21-8-2-3-11-23(21)22/h2-5,7-12H,6,13-19H2,1H3. The number of carbonyl (C=O) groups excluding carboxylic acids is 1. The summed E-state index contributed by atoms with van der Waals surface area (Å²) in [6.07, 6.45) is 1.28. The van der Waals surface area contributed by atoms with Gasteiger partial charge in [0.05, 0.1) is 29.9 Å². The van der Waals surface area contributed by atoms with Crippen LogP contribution in [0.3, 0.4) is 0 Å². The zero-order valence-electron chi connectivity index (χ0n) is 19.0. The Morgan fingerprint density at radius 1 is 1.06 bits per heavy atom. The Kier molecular flexibility index (Phi) is 6.67. The summed E-state index contributed by atoms with van der Waals surface area (Å²) in [7, 11) is 0. The fraction of sp³-hybridized carbons (Fsp3) is 0.333. The molecule has 1 amide bonds. The number of hydrogen-bond donors (Lipinski definition) is 0. The quantitative estimate of drug-likeness (QED) is 0.388. The van der Waals surface area contributed by atoms with Crippen LogP contribution in [0.25, 0.3) is 21.0 Å². The molecule has 1 aliphatic heterocycles. The Morgan fingerprint density at radius 3 is 2.70 bits per heavy atom. The number of morpholine rings is 1. The molecule has 6 heteroatoms. The molecule has 1 aromatic heterocycles. The van der Waals surface area contributed by atoms with Crippen LogP contribution in [-0.2, 0) is 16.0 Å². The van der Waals surface area contributed by atoms with Gasteiger partial charge in [-0.1, -0.05) is 65.9 Å². The average Bonchev–Trinajstić information content (AvgIpc) is 3.28. The molecule has 1 fully saturated rings. The highest BCUT2D eigenvalue weighted by atomic mass is 32.1. The summed E-state index contributed by atoms with van der Waals surface area (Å²) < 4.78 is 6.59. The van der Waals surface area contributed by atoms with Crippen LogP contribution in [0.4, 0.5) is 5.13 Å². The minimum atomic E-state index is 0.102. The van der Waals surface area contributed by atoms with Gasteiger partial charge in [-0.05, 0) is 41.3 Å². The molecule has 5 rings (SSSR count). The molecule has 5 nitrogen and oxygen atoms in total. The Bertz CT molecular complexity index is 1260. The minimum Gasteiger partial charge on any atom is -0.379 e. The van der Waals surface area contributed by atoms with Crippen molar-refractivity contribution in [3.63, 3.8) is 0 Å². The number of ether oxygens (including phenoxy) is 1. The minimum absolute atomic E-state index is 0.102. The largest absolute Gasteiger partial charge is 0.379 e. The molecular weight excluding hydrogens is 430 g/mol. The highest BCUT2D eigenvalue weighted by Crippen LogP contribution is 2.31. The molecule has 0 aliphatic carbocycles. The first-order valence-corrected chi connectivity index (χ1v) is 12.4. The molecule has 0 saturated carbocycles. The molecule has 0 atom stereocenters. The number of aryl methyl sites for hydroxylation is 1. The van der Waals surface area contributed by atoms with Crippen molar-refractivity contribution in [3.05, 3.63) is 71.8 Å². The Labute approximate surface area is 198 Å². The van der Waals surface area contributed by atoms with Crippen molar-refractivity contribution in [3.8, 4) is 0 Å². The van der Waals surface area contributed by atoms with Crippen molar-refractivity contribution in [2.24, 2.45) is 0 Å². The lowest BCUT2D eigenvalue weighted by Crippen LogP contribution is -2.39. The molecule has 0 N–H and O–H groups in total. The molecule has 170 valence electrons. The van der Waals surface area contributed by atoms with Gasteiger partial charge in [0.1, 0.15) is 0 Å². The summed E-state index contributed by atoms with van der Waals surface area (Å²) >= 11 is 1.61. The van der Waals surface area contributed by atoms with E-state index in [1.54, 1.807) is 11.3 Å².